The Labute approximate surface area is 373 Å². The molecule has 1 unspecified atom stereocenters. The van der Waals surface area contributed by atoms with Crippen molar-refractivity contribution in [3.63, 3.8) is 0 Å². The van der Waals surface area contributed by atoms with E-state index in [2.05, 4.69) is 210 Å². The molecule has 4 heterocycles. The minimum absolute atomic E-state index is 0.337. The molecule has 2 aliphatic rings. The number of aromatic nitrogens is 1. The van der Waals surface area contributed by atoms with Gasteiger partial charge in [0.05, 0.1) is 16.7 Å². The van der Waals surface area contributed by atoms with Crippen molar-refractivity contribution in [1.82, 2.24) is 9.88 Å². The highest BCUT2D eigenvalue weighted by molar-refractivity contribution is 6.16. The second-order valence-electron chi connectivity index (χ2n) is 17.9. The SMILES string of the molecule is c1ccc2cc3c(cc2c1)c1ccc2cc1n3-c1cc3oc4ccccc4c3cc1C1N=C(c3ccc4c(ccc5ccccc54)c3)NC(c3ccc4c(ccc5ccccc54)c3)=C1C2. The quantitative estimate of drug-likeness (QED) is 0.176. The number of aliphatic imine (C=N–C) groups is 1. The van der Waals surface area contributed by atoms with Crippen molar-refractivity contribution < 1.29 is 4.42 Å². The third kappa shape index (κ3) is 5.11. The molecule has 0 saturated carbocycles. The van der Waals surface area contributed by atoms with E-state index in [0.29, 0.717) is 6.42 Å². The van der Waals surface area contributed by atoms with E-state index in [0.717, 1.165) is 55.8 Å². The van der Waals surface area contributed by atoms with Crippen molar-refractivity contribution in [1.29, 1.82) is 0 Å². The number of hydrogen-bond acceptors (Lipinski definition) is 3. The van der Waals surface area contributed by atoms with Crippen molar-refractivity contribution in [2.45, 2.75) is 12.5 Å². The molecule has 13 aromatic rings. The summed E-state index contributed by atoms with van der Waals surface area (Å²) in [6, 6.07) is 73.4. The number of fused-ring (bicyclic) bond motifs is 18. The molecule has 2 aromatic heterocycles. The first kappa shape index (κ1) is 35.0. The van der Waals surface area contributed by atoms with Gasteiger partial charge in [-0.05, 0) is 119 Å². The molecule has 0 fully saturated rings. The van der Waals surface area contributed by atoms with Gasteiger partial charge in [0.1, 0.15) is 23.0 Å². The first-order valence-electron chi connectivity index (χ1n) is 22.5. The van der Waals surface area contributed by atoms with Crippen LogP contribution in [0.2, 0.25) is 0 Å². The molecule has 4 nitrogen and oxygen atoms in total. The first-order valence-corrected chi connectivity index (χ1v) is 22.5. The Morgan fingerprint density at radius 3 is 1.80 bits per heavy atom. The number of rotatable bonds is 2. The Balaban J connectivity index is 1.05. The minimum Gasteiger partial charge on any atom is -0.456 e. The molecule has 1 atom stereocenters. The average molecular weight is 828 g/mol. The minimum atomic E-state index is -0.337. The normalized spacial score (nSPS) is 15.0. The fourth-order valence-corrected chi connectivity index (χ4v) is 11.3. The molecule has 0 radical (unpaired) electrons. The fraction of sp³-hybridized carbons (Fsp3) is 0.0328. The average Bonchev–Trinajstić information content (AvgIpc) is 3.89. The van der Waals surface area contributed by atoms with Gasteiger partial charge >= 0.3 is 0 Å². The maximum Gasteiger partial charge on any atom is 0.137 e. The Kier molecular flexibility index (Phi) is 7.03. The van der Waals surface area contributed by atoms with Crippen molar-refractivity contribution in [3.8, 4) is 5.69 Å². The summed E-state index contributed by atoms with van der Waals surface area (Å²) in [5, 5.41) is 21.0. The smallest absolute Gasteiger partial charge is 0.137 e. The molecule has 0 amide bonds. The number of amidine groups is 1. The van der Waals surface area contributed by atoms with Crippen molar-refractivity contribution in [2.24, 2.45) is 4.99 Å². The van der Waals surface area contributed by atoms with Gasteiger partial charge in [-0.15, -0.1) is 0 Å². The molecule has 0 spiro atoms. The predicted octanol–water partition coefficient (Wildman–Crippen LogP) is 15.5. The molecule has 0 aliphatic carbocycles. The third-order valence-electron chi connectivity index (χ3n) is 14.4. The lowest BCUT2D eigenvalue weighted by molar-refractivity contribution is 0.668. The van der Waals surface area contributed by atoms with Crippen molar-refractivity contribution in [2.75, 3.05) is 0 Å². The van der Waals surface area contributed by atoms with Crippen LogP contribution in [0.3, 0.4) is 0 Å². The zero-order valence-corrected chi connectivity index (χ0v) is 35.1. The Bertz CT molecular complexity index is 4310. The van der Waals surface area contributed by atoms with Crippen LogP contribution in [0.5, 0.6) is 0 Å². The number of benzene rings is 11. The molecule has 2 bridgehead atoms. The highest BCUT2D eigenvalue weighted by atomic mass is 16.3. The first-order chi connectivity index (χ1) is 32.2. The molecule has 15 rings (SSSR count). The summed E-state index contributed by atoms with van der Waals surface area (Å²) in [4.78, 5) is 5.90. The lowest BCUT2D eigenvalue weighted by Gasteiger charge is -2.30. The summed E-state index contributed by atoms with van der Waals surface area (Å²) in [6.45, 7) is 0. The van der Waals surface area contributed by atoms with Gasteiger partial charge in [-0.25, -0.2) is 0 Å². The maximum atomic E-state index is 6.72. The van der Waals surface area contributed by atoms with Crippen LogP contribution in [0.15, 0.2) is 215 Å². The Morgan fingerprint density at radius 2 is 1.03 bits per heavy atom. The maximum absolute atomic E-state index is 6.72. The third-order valence-corrected chi connectivity index (χ3v) is 14.4. The summed E-state index contributed by atoms with van der Waals surface area (Å²) < 4.78 is 9.21. The van der Waals surface area contributed by atoms with Crippen LogP contribution in [0.1, 0.15) is 28.3 Å². The van der Waals surface area contributed by atoms with Gasteiger partial charge in [-0.3, -0.25) is 4.99 Å². The second kappa shape index (κ2) is 13.0. The van der Waals surface area contributed by atoms with Gasteiger partial charge in [-0.2, -0.15) is 0 Å². The van der Waals surface area contributed by atoms with E-state index >= 15 is 0 Å². The number of hydrogen-bond donors (Lipinski definition) is 1. The van der Waals surface area contributed by atoms with E-state index in [1.807, 2.05) is 0 Å². The molecule has 0 saturated heterocycles. The summed E-state index contributed by atoms with van der Waals surface area (Å²) in [6.07, 6.45) is 0.715. The zero-order valence-electron chi connectivity index (χ0n) is 35.1. The Morgan fingerprint density at radius 1 is 0.431 bits per heavy atom. The fourth-order valence-electron chi connectivity index (χ4n) is 11.3. The van der Waals surface area contributed by atoms with Gasteiger partial charge in [0.15, 0.2) is 0 Å². The van der Waals surface area contributed by atoms with Gasteiger partial charge in [0.25, 0.3) is 0 Å². The lowest BCUT2D eigenvalue weighted by Crippen LogP contribution is -2.31. The van der Waals surface area contributed by atoms with Crippen LogP contribution in [0.4, 0.5) is 0 Å². The number of para-hydroxylation sites is 1. The molecular formula is C61H37N3O. The van der Waals surface area contributed by atoms with Gasteiger partial charge in [0, 0.05) is 44.4 Å². The van der Waals surface area contributed by atoms with E-state index < -0.39 is 0 Å². The highest BCUT2D eigenvalue weighted by Gasteiger charge is 2.33. The van der Waals surface area contributed by atoms with Gasteiger partial charge in [0.2, 0.25) is 0 Å². The molecule has 1 N–H and O–H groups in total. The largest absolute Gasteiger partial charge is 0.456 e. The molecule has 11 aromatic carbocycles. The summed E-state index contributed by atoms with van der Waals surface area (Å²) in [7, 11) is 0. The van der Waals surface area contributed by atoms with Crippen LogP contribution in [-0.2, 0) is 6.42 Å². The Hall–Kier alpha value is -8.47. The summed E-state index contributed by atoms with van der Waals surface area (Å²) in [5.74, 6) is 0.852. The summed E-state index contributed by atoms with van der Waals surface area (Å²) in [5.41, 5.74) is 12.1. The summed E-state index contributed by atoms with van der Waals surface area (Å²) >= 11 is 0. The van der Waals surface area contributed by atoms with Crippen molar-refractivity contribution >= 4 is 109 Å². The standard InChI is InChI=1S/C61H37N3O/c1-2-12-39-32-55-50(31-38(39)11-1)48-24-17-35-27-53-59(42-22-25-46-40(29-42)20-18-36-9-3-5-13-44(36)46)62-61(43-23-26-47-41(30-43)21-19-37-10-4-6-14-45(37)47)63-60(53)52-33-51-49-15-7-8-16-57(49)65-58(51)34-56(52)64(55)54(48)28-35/h1-26,28-34,60H,27H2,(H,62,63). The molecule has 65 heavy (non-hydrogen) atoms. The zero-order chi connectivity index (χ0) is 42.3. The number of nitrogens with one attached hydrogen (secondary N) is 1. The predicted molar refractivity (Wildman–Crippen MR) is 272 cm³/mol. The van der Waals surface area contributed by atoms with E-state index in [1.54, 1.807) is 0 Å². The van der Waals surface area contributed by atoms with Crippen LogP contribution < -0.4 is 5.32 Å². The van der Waals surface area contributed by atoms with E-state index in [9.17, 15) is 0 Å². The molecule has 302 valence electrons. The van der Waals surface area contributed by atoms with Crippen LogP contribution >= 0.6 is 0 Å². The van der Waals surface area contributed by atoms with Crippen molar-refractivity contribution in [3.05, 3.63) is 228 Å². The van der Waals surface area contributed by atoms with Crippen LogP contribution in [-0.4, -0.2) is 10.4 Å². The van der Waals surface area contributed by atoms with E-state index in [-0.39, 0.29) is 6.04 Å². The second-order valence-corrected chi connectivity index (χ2v) is 17.9. The molecule has 4 heteroatoms. The number of furan rings is 1. The van der Waals surface area contributed by atoms with Crippen LogP contribution in [0.25, 0.3) is 109 Å². The van der Waals surface area contributed by atoms with Gasteiger partial charge in [-0.1, -0.05) is 152 Å². The van der Waals surface area contributed by atoms with E-state index in [1.165, 1.54) is 86.8 Å². The lowest BCUT2D eigenvalue weighted by atomic mass is 9.86. The number of nitrogens with zero attached hydrogens (tertiary/aromatic N) is 2. The van der Waals surface area contributed by atoms with Crippen LogP contribution in [0, 0.1) is 0 Å². The monoisotopic (exact) mass is 827 g/mol. The highest BCUT2D eigenvalue weighted by Crippen LogP contribution is 2.47. The molecular weight excluding hydrogens is 791 g/mol. The van der Waals surface area contributed by atoms with E-state index in [4.69, 9.17) is 9.41 Å². The van der Waals surface area contributed by atoms with Gasteiger partial charge < -0.3 is 14.3 Å². The molecule has 2 aliphatic heterocycles. The topological polar surface area (TPSA) is 42.5 Å².